The number of hydrogen-bond acceptors (Lipinski definition) is 1. The number of carbonyl (C=O) groups excluding carboxylic acids is 1. The second kappa shape index (κ2) is 5.21. The molecule has 98 valence electrons. The summed E-state index contributed by atoms with van der Waals surface area (Å²) in [7, 11) is 0. The Kier molecular flexibility index (Phi) is 3.80. The number of ketones is 1. The van der Waals surface area contributed by atoms with E-state index in [2.05, 4.69) is 15.9 Å². The van der Waals surface area contributed by atoms with E-state index in [4.69, 9.17) is 0 Å². The van der Waals surface area contributed by atoms with E-state index in [1.54, 1.807) is 19.9 Å². The lowest BCUT2D eigenvalue weighted by molar-refractivity contribution is 0.103. The molecule has 0 saturated heterocycles. The molecule has 0 aliphatic heterocycles. The van der Waals surface area contributed by atoms with Gasteiger partial charge in [-0.15, -0.1) is 0 Å². The van der Waals surface area contributed by atoms with Gasteiger partial charge in [-0.05, 0) is 65.2 Å². The summed E-state index contributed by atoms with van der Waals surface area (Å²) >= 11 is 3.04. The lowest BCUT2D eigenvalue weighted by Gasteiger charge is -2.07. The molecule has 2 aromatic carbocycles. The van der Waals surface area contributed by atoms with Gasteiger partial charge in [0.1, 0.15) is 11.6 Å². The van der Waals surface area contributed by atoms with Crippen molar-refractivity contribution in [2.45, 2.75) is 13.8 Å². The van der Waals surface area contributed by atoms with Gasteiger partial charge in [-0.1, -0.05) is 6.07 Å². The van der Waals surface area contributed by atoms with E-state index >= 15 is 0 Å². The maximum atomic E-state index is 13.9. The van der Waals surface area contributed by atoms with E-state index in [1.165, 1.54) is 24.3 Å². The molecule has 2 rings (SSSR count). The lowest BCUT2D eigenvalue weighted by atomic mass is 9.98. The Morgan fingerprint density at radius 3 is 2.21 bits per heavy atom. The van der Waals surface area contributed by atoms with Crippen molar-refractivity contribution in [1.29, 1.82) is 0 Å². The first-order chi connectivity index (χ1) is 8.91. The Hall–Kier alpha value is -1.55. The summed E-state index contributed by atoms with van der Waals surface area (Å²) in [6, 6.07) is 7.39. The molecule has 0 aliphatic rings. The summed E-state index contributed by atoms with van der Waals surface area (Å²) < 4.78 is 27.6. The molecule has 0 atom stereocenters. The third kappa shape index (κ3) is 2.59. The third-order valence-corrected chi connectivity index (χ3v) is 3.51. The first kappa shape index (κ1) is 13.9. The molecule has 0 aromatic heterocycles. The van der Waals surface area contributed by atoms with Crippen molar-refractivity contribution < 1.29 is 13.6 Å². The topological polar surface area (TPSA) is 17.1 Å². The summed E-state index contributed by atoms with van der Waals surface area (Å²) in [5, 5.41) is 0. The maximum Gasteiger partial charge on any atom is 0.196 e. The van der Waals surface area contributed by atoms with Crippen LogP contribution >= 0.6 is 15.9 Å². The Morgan fingerprint density at radius 2 is 1.63 bits per heavy atom. The quantitative estimate of drug-likeness (QED) is 0.739. The normalized spacial score (nSPS) is 10.6. The van der Waals surface area contributed by atoms with E-state index in [0.717, 1.165) is 0 Å². The Balaban J connectivity index is 2.53. The van der Waals surface area contributed by atoms with Crippen LogP contribution in [0.15, 0.2) is 34.8 Å². The molecule has 0 fully saturated rings. The molecule has 0 bridgehead atoms. The van der Waals surface area contributed by atoms with E-state index < -0.39 is 11.6 Å². The van der Waals surface area contributed by atoms with Gasteiger partial charge in [0.15, 0.2) is 5.78 Å². The predicted molar refractivity (Wildman–Crippen MR) is 73.4 cm³/mol. The number of benzene rings is 2. The molecule has 19 heavy (non-hydrogen) atoms. The molecule has 2 aromatic rings. The van der Waals surface area contributed by atoms with Gasteiger partial charge >= 0.3 is 0 Å². The number of rotatable bonds is 2. The number of aryl methyl sites for hydroxylation is 2. The summed E-state index contributed by atoms with van der Waals surface area (Å²) in [5.41, 5.74) is 1.01. The first-order valence-electron chi connectivity index (χ1n) is 5.67. The summed E-state index contributed by atoms with van der Waals surface area (Å²) in [6.07, 6.45) is 0. The Labute approximate surface area is 118 Å². The van der Waals surface area contributed by atoms with Crippen molar-refractivity contribution >= 4 is 21.7 Å². The van der Waals surface area contributed by atoms with Gasteiger partial charge in [-0.25, -0.2) is 8.78 Å². The predicted octanol–water partition coefficient (Wildman–Crippen LogP) is 4.58. The molecule has 0 radical (unpaired) electrons. The van der Waals surface area contributed by atoms with Crippen LogP contribution in [0.5, 0.6) is 0 Å². The number of carbonyl (C=O) groups is 1. The summed E-state index contributed by atoms with van der Waals surface area (Å²) in [6.45, 7) is 3.16. The zero-order valence-electron chi connectivity index (χ0n) is 10.4. The highest BCUT2D eigenvalue weighted by molar-refractivity contribution is 9.10. The Morgan fingerprint density at radius 1 is 1.05 bits per heavy atom. The van der Waals surface area contributed by atoms with Crippen LogP contribution in [0.3, 0.4) is 0 Å². The van der Waals surface area contributed by atoms with E-state index in [-0.39, 0.29) is 21.4 Å². The van der Waals surface area contributed by atoms with Crippen molar-refractivity contribution in [3.8, 4) is 0 Å². The number of halogens is 3. The second-order valence-electron chi connectivity index (χ2n) is 4.35. The molecule has 4 heteroatoms. The highest BCUT2D eigenvalue weighted by Crippen LogP contribution is 2.23. The van der Waals surface area contributed by atoms with Crippen molar-refractivity contribution in [3.63, 3.8) is 0 Å². The van der Waals surface area contributed by atoms with Gasteiger partial charge < -0.3 is 0 Å². The van der Waals surface area contributed by atoms with Crippen LogP contribution in [0.2, 0.25) is 0 Å². The van der Waals surface area contributed by atoms with Gasteiger partial charge in [0, 0.05) is 5.56 Å². The lowest BCUT2D eigenvalue weighted by Crippen LogP contribution is -2.06. The molecule has 0 heterocycles. The molecular formula is C15H11BrF2O. The molecular weight excluding hydrogens is 314 g/mol. The van der Waals surface area contributed by atoms with Crippen LogP contribution in [0.4, 0.5) is 8.78 Å². The maximum absolute atomic E-state index is 13.9. The highest BCUT2D eigenvalue weighted by Gasteiger charge is 2.17. The summed E-state index contributed by atoms with van der Waals surface area (Å²) in [4.78, 5) is 12.3. The third-order valence-electron chi connectivity index (χ3n) is 2.89. The van der Waals surface area contributed by atoms with Gasteiger partial charge in [0.25, 0.3) is 0 Å². The van der Waals surface area contributed by atoms with Crippen molar-refractivity contribution in [3.05, 3.63) is 68.7 Å². The molecule has 0 spiro atoms. The van der Waals surface area contributed by atoms with Gasteiger partial charge in [-0.2, -0.15) is 0 Å². The average molecular weight is 325 g/mol. The molecule has 1 nitrogen and oxygen atoms in total. The minimum absolute atomic E-state index is 0.0280. The smallest absolute Gasteiger partial charge is 0.196 e. The first-order valence-corrected chi connectivity index (χ1v) is 6.46. The van der Waals surface area contributed by atoms with E-state index in [9.17, 15) is 13.6 Å². The van der Waals surface area contributed by atoms with Crippen molar-refractivity contribution in [2.75, 3.05) is 0 Å². The molecule has 0 aliphatic carbocycles. The van der Waals surface area contributed by atoms with Crippen molar-refractivity contribution in [1.82, 2.24) is 0 Å². The van der Waals surface area contributed by atoms with Gasteiger partial charge in [0.05, 0.1) is 10.0 Å². The average Bonchev–Trinajstić information content (AvgIpc) is 2.38. The van der Waals surface area contributed by atoms with E-state index in [0.29, 0.717) is 11.1 Å². The van der Waals surface area contributed by atoms with Crippen LogP contribution in [-0.4, -0.2) is 5.78 Å². The minimum atomic E-state index is -0.605. The fourth-order valence-corrected chi connectivity index (χ4v) is 2.28. The van der Waals surface area contributed by atoms with Crippen LogP contribution in [-0.2, 0) is 0 Å². The molecule has 0 N–H and O–H groups in total. The largest absolute Gasteiger partial charge is 0.288 e. The SMILES string of the molecule is Cc1cc(C(=O)c2cccc(Br)c2F)cc(C)c1F. The van der Waals surface area contributed by atoms with E-state index in [1.807, 2.05) is 0 Å². The zero-order chi connectivity index (χ0) is 14.2. The fourth-order valence-electron chi connectivity index (χ4n) is 1.91. The van der Waals surface area contributed by atoms with Crippen LogP contribution in [0.25, 0.3) is 0 Å². The zero-order valence-corrected chi connectivity index (χ0v) is 12.0. The van der Waals surface area contributed by atoms with Gasteiger partial charge in [0.2, 0.25) is 0 Å². The van der Waals surface area contributed by atoms with Gasteiger partial charge in [-0.3, -0.25) is 4.79 Å². The fraction of sp³-hybridized carbons (Fsp3) is 0.133. The minimum Gasteiger partial charge on any atom is -0.288 e. The van der Waals surface area contributed by atoms with Crippen LogP contribution < -0.4 is 0 Å². The Bertz CT molecular complexity index is 642. The van der Waals surface area contributed by atoms with Crippen molar-refractivity contribution in [2.24, 2.45) is 0 Å². The standard InChI is InChI=1S/C15H11BrF2O/c1-8-6-10(7-9(2)13(8)17)15(19)11-4-3-5-12(16)14(11)18/h3-7H,1-2H3. The van der Waals surface area contributed by atoms with Crippen LogP contribution in [0.1, 0.15) is 27.0 Å². The van der Waals surface area contributed by atoms with Crippen LogP contribution in [0, 0.1) is 25.5 Å². The number of hydrogen-bond donors (Lipinski definition) is 0. The molecule has 0 amide bonds. The summed E-state index contributed by atoms with van der Waals surface area (Å²) in [5.74, 6) is -1.40. The molecule has 0 unspecified atom stereocenters. The second-order valence-corrected chi connectivity index (χ2v) is 5.21. The monoisotopic (exact) mass is 324 g/mol. The highest BCUT2D eigenvalue weighted by atomic mass is 79.9. The molecule has 0 saturated carbocycles.